The van der Waals surface area contributed by atoms with Gasteiger partial charge < -0.3 is 30.6 Å². The summed E-state index contributed by atoms with van der Waals surface area (Å²) >= 11 is 0. The average molecular weight is 459 g/mol. The van der Waals surface area contributed by atoms with Gasteiger partial charge in [0.1, 0.15) is 35.9 Å². The van der Waals surface area contributed by atoms with Crippen LogP contribution < -0.4 is 0 Å². The Morgan fingerprint density at radius 3 is 1.26 bits per heavy atom. The van der Waals surface area contributed by atoms with Gasteiger partial charge in [0.05, 0.1) is 0 Å². The van der Waals surface area contributed by atoms with E-state index in [-0.39, 0.29) is 0 Å². The van der Waals surface area contributed by atoms with E-state index in [1.165, 1.54) is 12.2 Å². The topological polar surface area (TPSA) is 121 Å². The van der Waals surface area contributed by atoms with E-state index >= 15 is 0 Å². The van der Waals surface area contributed by atoms with Crippen LogP contribution in [0.2, 0.25) is 0 Å². The van der Waals surface area contributed by atoms with Crippen molar-refractivity contribution in [3.63, 3.8) is 0 Å². The van der Waals surface area contributed by atoms with Crippen LogP contribution in [0.25, 0.3) is 33.7 Å². The zero-order valence-electron chi connectivity index (χ0n) is 18.2. The standard InChI is InChI=1S/C28H26O6/c29-23(15-19-11-5-9-17-7-1-3-13-21(17)19)25(31)27(33)28(34)26(32)24(30)16-20-12-6-10-18-8-2-4-14-22(18)20/h1-16,25-34H/t25-,26-,27-,28-/m1/s1. The molecule has 0 radical (unpaired) electrons. The molecule has 6 heteroatoms. The molecule has 6 N–H and O–H groups in total. The molecule has 4 aromatic carbocycles. The van der Waals surface area contributed by atoms with Gasteiger partial charge in [-0.2, -0.15) is 0 Å². The van der Waals surface area contributed by atoms with Gasteiger partial charge in [0, 0.05) is 0 Å². The number of aliphatic hydroxyl groups is 6. The summed E-state index contributed by atoms with van der Waals surface area (Å²) in [7, 11) is 0. The Labute approximate surface area is 196 Å². The van der Waals surface area contributed by atoms with Crippen molar-refractivity contribution in [2.24, 2.45) is 0 Å². The number of hydrogen-bond donors (Lipinski definition) is 6. The molecule has 0 saturated carbocycles. The smallest absolute Gasteiger partial charge is 0.139 e. The van der Waals surface area contributed by atoms with E-state index in [2.05, 4.69) is 0 Å². The SMILES string of the molecule is OC(=Cc1cccc2ccccc12)[C@@H](O)[C@@H](O)[C@H](O)[C@H](O)C(O)=Cc1cccc2ccccc12. The van der Waals surface area contributed by atoms with Gasteiger partial charge in [0.15, 0.2) is 0 Å². The fraction of sp³-hybridized carbons (Fsp3) is 0.143. The van der Waals surface area contributed by atoms with Gasteiger partial charge in [-0.1, -0.05) is 84.9 Å². The largest absolute Gasteiger partial charge is 0.509 e. The van der Waals surface area contributed by atoms with E-state index in [9.17, 15) is 30.6 Å². The highest BCUT2D eigenvalue weighted by molar-refractivity contribution is 5.91. The van der Waals surface area contributed by atoms with E-state index in [1.807, 2.05) is 60.7 Å². The lowest BCUT2D eigenvalue weighted by atomic mass is 9.97. The van der Waals surface area contributed by atoms with Crippen molar-refractivity contribution in [1.82, 2.24) is 0 Å². The maximum atomic E-state index is 10.4. The lowest BCUT2D eigenvalue weighted by Gasteiger charge is -2.26. The lowest BCUT2D eigenvalue weighted by Crippen LogP contribution is -2.45. The first-order chi connectivity index (χ1) is 16.4. The second-order valence-electron chi connectivity index (χ2n) is 8.15. The zero-order chi connectivity index (χ0) is 24.2. The van der Waals surface area contributed by atoms with Crippen LogP contribution >= 0.6 is 0 Å². The summed E-state index contributed by atoms with van der Waals surface area (Å²) in [5.41, 5.74) is 1.21. The maximum Gasteiger partial charge on any atom is 0.139 e. The Balaban J connectivity index is 1.54. The van der Waals surface area contributed by atoms with Gasteiger partial charge in [-0.15, -0.1) is 0 Å². The highest BCUT2D eigenvalue weighted by Gasteiger charge is 2.34. The van der Waals surface area contributed by atoms with E-state index in [1.54, 1.807) is 24.3 Å². The highest BCUT2D eigenvalue weighted by Crippen LogP contribution is 2.24. The summed E-state index contributed by atoms with van der Waals surface area (Å²) in [4.78, 5) is 0. The summed E-state index contributed by atoms with van der Waals surface area (Å²) in [6, 6.07) is 25.8. The van der Waals surface area contributed by atoms with Crippen molar-refractivity contribution in [3.8, 4) is 0 Å². The molecule has 0 unspecified atom stereocenters. The molecule has 4 atom stereocenters. The van der Waals surface area contributed by atoms with Crippen molar-refractivity contribution in [2.45, 2.75) is 24.4 Å². The van der Waals surface area contributed by atoms with Gasteiger partial charge in [-0.3, -0.25) is 0 Å². The van der Waals surface area contributed by atoms with E-state index < -0.39 is 35.9 Å². The number of aliphatic hydroxyl groups excluding tert-OH is 6. The predicted molar refractivity (Wildman–Crippen MR) is 133 cm³/mol. The van der Waals surface area contributed by atoms with E-state index in [4.69, 9.17) is 0 Å². The number of fused-ring (bicyclic) bond motifs is 2. The Morgan fingerprint density at radius 2 is 0.853 bits per heavy atom. The van der Waals surface area contributed by atoms with Crippen molar-refractivity contribution in [1.29, 1.82) is 0 Å². The molecule has 4 rings (SSSR count). The third kappa shape index (κ3) is 4.81. The van der Waals surface area contributed by atoms with Gasteiger partial charge in [0.25, 0.3) is 0 Å². The molecule has 4 aromatic rings. The third-order valence-electron chi connectivity index (χ3n) is 5.86. The highest BCUT2D eigenvalue weighted by atomic mass is 16.4. The van der Waals surface area contributed by atoms with Crippen LogP contribution in [-0.2, 0) is 0 Å². The lowest BCUT2D eigenvalue weighted by molar-refractivity contribution is -0.0996. The van der Waals surface area contributed by atoms with Crippen LogP contribution in [0, 0.1) is 0 Å². The summed E-state index contributed by atoms with van der Waals surface area (Å²) in [6.45, 7) is 0. The average Bonchev–Trinajstić information content (AvgIpc) is 2.87. The quantitative estimate of drug-likeness (QED) is 0.233. The van der Waals surface area contributed by atoms with Crippen LogP contribution in [0.3, 0.4) is 0 Å². The van der Waals surface area contributed by atoms with Crippen molar-refractivity contribution in [2.75, 3.05) is 0 Å². The van der Waals surface area contributed by atoms with Crippen molar-refractivity contribution >= 4 is 33.7 Å². The van der Waals surface area contributed by atoms with Crippen LogP contribution in [0.1, 0.15) is 11.1 Å². The zero-order valence-corrected chi connectivity index (χ0v) is 18.2. The van der Waals surface area contributed by atoms with Gasteiger partial charge >= 0.3 is 0 Å². The molecule has 0 aliphatic carbocycles. The Hall–Kier alpha value is -3.68. The van der Waals surface area contributed by atoms with Gasteiger partial charge in [-0.25, -0.2) is 0 Å². The van der Waals surface area contributed by atoms with Crippen LogP contribution in [0.15, 0.2) is 96.4 Å². The first-order valence-electron chi connectivity index (χ1n) is 10.9. The molecule has 6 nitrogen and oxygen atoms in total. The second kappa shape index (κ2) is 10.1. The van der Waals surface area contributed by atoms with Gasteiger partial charge in [0.2, 0.25) is 0 Å². The predicted octanol–water partition coefficient (Wildman–Crippen LogP) is 3.93. The van der Waals surface area contributed by atoms with Crippen LogP contribution in [-0.4, -0.2) is 55.1 Å². The summed E-state index contributed by atoms with van der Waals surface area (Å²) < 4.78 is 0. The Morgan fingerprint density at radius 1 is 0.500 bits per heavy atom. The normalized spacial score (nSPS) is 16.4. The molecule has 0 aliphatic heterocycles. The van der Waals surface area contributed by atoms with Gasteiger partial charge in [-0.05, 0) is 44.8 Å². The summed E-state index contributed by atoms with van der Waals surface area (Å²) in [5.74, 6) is -1.18. The number of hydrogen-bond acceptors (Lipinski definition) is 6. The van der Waals surface area contributed by atoms with Crippen LogP contribution in [0.5, 0.6) is 0 Å². The molecular weight excluding hydrogens is 432 g/mol. The third-order valence-corrected chi connectivity index (χ3v) is 5.86. The molecule has 0 aliphatic rings. The number of benzene rings is 4. The maximum absolute atomic E-state index is 10.4. The summed E-state index contributed by atoms with van der Waals surface area (Å²) in [5, 5.41) is 66.0. The fourth-order valence-corrected chi connectivity index (χ4v) is 3.97. The van der Waals surface area contributed by atoms with E-state index in [0.717, 1.165) is 21.5 Å². The minimum absolute atomic E-state index is 0.590. The molecule has 0 heterocycles. The molecular formula is C28H26O6. The molecule has 34 heavy (non-hydrogen) atoms. The molecule has 0 aromatic heterocycles. The molecule has 0 amide bonds. The minimum atomic E-state index is -1.97. The molecule has 0 spiro atoms. The minimum Gasteiger partial charge on any atom is -0.509 e. The molecule has 0 bridgehead atoms. The second-order valence-corrected chi connectivity index (χ2v) is 8.15. The Bertz CT molecular complexity index is 1240. The first kappa shape index (κ1) is 23.5. The fourth-order valence-electron chi connectivity index (χ4n) is 3.97. The molecule has 174 valence electrons. The van der Waals surface area contributed by atoms with E-state index in [0.29, 0.717) is 11.1 Å². The monoisotopic (exact) mass is 458 g/mol. The molecule has 0 saturated heterocycles. The summed E-state index contributed by atoms with van der Waals surface area (Å²) in [6.07, 6.45) is -5.14. The van der Waals surface area contributed by atoms with Crippen LogP contribution in [0.4, 0.5) is 0 Å². The van der Waals surface area contributed by atoms with Crippen molar-refractivity contribution in [3.05, 3.63) is 108 Å². The number of rotatable bonds is 7. The van der Waals surface area contributed by atoms with Crippen molar-refractivity contribution < 1.29 is 30.6 Å². The Kier molecular flexibility index (Phi) is 6.95. The molecule has 0 fully saturated rings. The first-order valence-corrected chi connectivity index (χ1v) is 10.9.